The van der Waals surface area contributed by atoms with Crippen LogP contribution in [0, 0.1) is 25.2 Å². The molecule has 0 aliphatic carbocycles. The smallest absolute Gasteiger partial charge is 0.326 e. The molecule has 0 bridgehead atoms. The average Bonchev–Trinajstić information content (AvgIpc) is 3.60. The first-order chi connectivity index (χ1) is 26.5. The van der Waals surface area contributed by atoms with E-state index < -0.39 is 18.1 Å². The van der Waals surface area contributed by atoms with Crippen molar-refractivity contribution in [1.82, 2.24) is 15.2 Å². The molecule has 55 heavy (non-hydrogen) atoms. The molecular weight excluding hydrogens is 716 g/mol. The number of carboxylic acid groups (broad SMARTS) is 1. The average molecular weight is 761 g/mol. The minimum absolute atomic E-state index is 0.0303. The van der Waals surface area contributed by atoms with E-state index in [4.69, 9.17) is 21.1 Å². The van der Waals surface area contributed by atoms with Crippen LogP contribution in [0.5, 0.6) is 11.5 Å². The van der Waals surface area contributed by atoms with E-state index in [2.05, 4.69) is 83.6 Å². The van der Waals surface area contributed by atoms with E-state index in [0.29, 0.717) is 33.2 Å². The number of aliphatic hydroxyl groups excluding tert-OH is 2. The lowest BCUT2D eigenvalue weighted by molar-refractivity contribution is -0.145. The van der Waals surface area contributed by atoms with Gasteiger partial charge >= 0.3 is 5.97 Å². The van der Waals surface area contributed by atoms with Gasteiger partial charge in [-0.2, -0.15) is 5.26 Å². The Balaban J connectivity index is 1.22. The zero-order chi connectivity index (χ0) is 39.1. The van der Waals surface area contributed by atoms with Gasteiger partial charge in [0, 0.05) is 55.8 Å². The first-order valence-corrected chi connectivity index (χ1v) is 18.6. The molecule has 1 aliphatic heterocycles. The highest BCUT2D eigenvalue weighted by molar-refractivity contribution is 6.32. The molecule has 2 atom stereocenters. The summed E-state index contributed by atoms with van der Waals surface area (Å²) in [4.78, 5) is 18.2. The molecule has 284 valence electrons. The molecule has 1 saturated heterocycles. The van der Waals surface area contributed by atoms with Crippen molar-refractivity contribution in [3.63, 3.8) is 0 Å². The third-order valence-corrected chi connectivity index (χ3v) is 10.6. The zero-order valence-electron chi connectivity index (χ0n) is 31.2. The normalized spacial score (nSPS) is 15.3. The highest BCUT2D eigenvalue weighted by Gasteiger charge is 2.32. The molecule has 6 rings (SSSR count). The summed E-state index contributed by atoms with van der Waals surface area (Å²) < 4.78 is 12.5. The number of carboxylic acids is 1. The Morgan fingerprint density at radius 3 is 2.35 bits per heavy atom. The van der Waals surface area contributed by atoms with Crippen molar-refractivity contribution in [1.29, 1.82) is 5.26 Å². The van der Waals surface area contributed by atoms with Gasteiger partial charge in [-0.05, 0) is 83.8 Å². The lowest BCUT2D eigenvalue weighted by Crippen LogP contribution is -2.52. The number of hydrogen-bond donors (Lipinski definition) is 4. The molecule has 1 unspecified atom stereocenters. The van der Waals surface area contributed by atoms with Gasteiger partial charge in [0.15, 0.2) is 0 Å². The van der Waals surface area contributed by atoms with Crippen molar-refractivity contribution >= 4 is 17.6 Å². The second kappa shape index (κ2) is 17.5. The molecule has 0 radical (unpaired) electrons. The van der Waals surface area contributed by atoms with Gasteiger partial charge in [0.05, 0.1) is 23.3 Å². The molecule has 0 saturated carbocycles. The summed E-state index contributed by atoms with van der Waals surface area (Å²) in [6.45, 7) is 7.81. The van der Waals surface area contributed by atoms with Crippen LogP contribution in [0.2, 0.25) is 5.02 Å². The zero-order valence-corrected chi connectivity index (χ0v) is 31.9. The minimum Gasteiger partial charge on any atom is -0.488 e. The minimum atomic E-state index is -1.59. The molecule has 2 heterocycles. The van der Waals surface area contributed by atoms with Crippen molar-refractivity contribution in [3.05, 3.63) is 135 Å². The Labute approximate surface area is 326 Å². The summed E-state index contributed by atoms with van der Waals surface area (Å²) in [5.74, 6) is -0.437. The van der Waals surface area contributed by atoms with E-state index in [1.54, 1.807) is 24.4 Å². The van der Waals surface area contributed by atoms with E-state index in [9.17, 15) is 25.4 Å². The maximum Gasteiger partial charge on any atom is 0.326 e. The number of aromatic nitrogens is 1. The number of halogens is 1. The second-order valence-corrected chi connectivity index (χ2v) is 14.7. The number of nitrogens with one attached hydrogen (secondary N) is 1. The highest BCUT2D eigenvalue weighted by Crippen LogP contribution is 2.37. The van der Waals surface area contributed by atoms with E-state index in [1.807, 2.05) is 12.1 Å². The van der Waals surface area contributed by atoms with Crippen LogP contribution >= 0.6 is 11.6 Å². The molecule has 1 fully saturated rings. The lowest BCUT2D eigenvalue weighted by Gasteiger charge is -2.25. The second-order valence-electron chi connectivity index (χ2n) is 14.3. The molecule has 4 aromatic carbocycles. The third kappa shape index (κ3) is 9.34. The van der Waals surface area contributed by atoms with E-state index >= 15 is 0 Å². The fraction of sp³-hybridized carbons (Fsp3) is 0.295. The van der Waals surface area contributed by atoms with Gasteiger partial charge in [-0.25, -0.2) is 0 Å². The largest absolute Gasteiger partial charge is 0.488 e. The number of pyridine rings is 1. The van der Waals surface area contributed by atoms with Crippen LogP contribution in [0.4, 0.5) is 0 Å². The standard InChI is InChI=1S/C44H45ClN4O6/c1-28-34(6-4-8-38(28)39-9-5-7-37(29(39)2)33-12-10-30(11-13-33)23-49-15-14-36(51)24-49)26-55-42-18-41(54-25-32-16-31(19-46)20-47-21-32)35(17-40(42)45)22-48-44(3,27-50)43(52)53/h4-13,16-18,20-21,36,48,50-51H,14-15,22-27H2,1-3H3,(H,52,53)/t36-,44?/m0/s1. The van der Waals surface area contributed by atoms with Gasteiger partial charge < -0.3 is 24.8 Å². The first kappa shape index (κ1) is 39.4. The van der Waals surface area contributed by atoms with Crippen molar-refractivity contribution in [2.24, 2.45) is 0 Å². The number of β-amino-alcohol motifs (C(OH)–C–C–N with tert-alkyl or cyclic N) is 1. The number of benzene rings is 4. The van der Waals surface area contributed by atoms with Crippen molar-refractivity contribution in [2.75, 3.05) is 19.7 Å². The van der Waals surface area contributed by atoms with Crippen LogP contribution in [0.15, 0.2) is 91.3 Å². The van der Waals surface area contributed by atoms with Gasteiger partial charge in [-0.15, -0.1) is 0 Å². The fourth-order valence-electron chi connectivity index (χ4n) is 6.77. The van der Waals surface area contributed by atoms with Crippen LogP contribution in [0.1, 0.15) is 52.3 Å². The van der Waals surface area contributed by atoms with Gasteiger partial charge in [0.2, 0.25) is 0 Å². The fourth-order valence-corrected chi connectivity index (χ4v) is 7.01. The Hall–Kier alpha value is -5.28. The van der Waals surface area contributed by atoms with Crippen molar-refractivity contribution in [3.8, 4) is 39.8 Å². The molecular formula is C44H45ClN4O6. The number of aliphatic carboxylic acids is 1. The molecule has 11 heteroatoms. The predicted octanol–water partition coefficient (Wildman–Crippen LogP) is 7.21. The van der Waals surface area contributed by atoms with Gasteiger partial charge in [-0.3, -0.25) is 20.0 Å². The number of likely N-dealkylation sites (tertiary alicyclic amines) is 1. The lowest BCUT2D eigenvalue weighted by atomic mass is 9.89. The van der Waals surface area contributed by atoms with Gasteiger partial charge in [0.25, 0.3) is 0 Å². The summed E-state index contributed by atoms with van der Waals surface area (Å²) in [7, 11) is 0. The number of nitrogens with zero attached hydrogens (tertiary/aromatic N) is 3. The van der Waals surface area contributed by atoms with Crippen LogP contribution in [-0.4, -0.2) is 62.5 Å². The Bertz CT molecular complexity index is 2200. The summed E-state index contributed by atoms with van der Waals surface area (Å²) in [6, 6.07) is 28.3. The van der Waals surface area contributed by atoms with E-state index in [0.717, 1.165) is 59.4 Å². The molecule has 10 nitrogen and oxygen atoms in total. The molecule has 4 N–H and O–H groups in total. The molecule has 0 spiro atoms. The van der Waals surface area contributed by atoms with Crippen molar-refractivity contribution < 1.29 is 29.6 Å². The van der Waals surface area contributed by atoms with Gasteiger partial charge in [0.1, 0.15) is 36.3 Å². The Kier molecular flexibility index (Phi) is 12.5. The number of carbonyl (C=O) groups is 1. The molecule has 1 aliphatic rings. The number of hydrogen-bond acceptors (Lipinski definition) is 9. The third-order valence-electron chi connectivity index (χ3n) is 10.3. The maximum absolute atomic E-state index is 11.8. The highest BCUT2D eigenvalue weighted by atomic mass is 35.5. The summed E-state index contributed by atoms with van der Waals surface area (Å²) in [6.07, 6.45) is 3.67. The Morgan fingerprint density at radius 2 is 1.65 bits per heavy atom. The van der Waals surface area contributed by atoms with Crippen LogP contribution in [0.3, 0.4) is 0 Å². The maximum atomic E-state index is 11.8. The molecule has 1 aromatic heterocycles. The quantitative estimate of drug-likeness (QED) is 0.0863. The molecule has 0 amide bonds. The SMILES string of the molecule is Cc1c(COc2cc(OCc3cncc(C#N)c3)c(CNC(C)(CO)C(=O)O)cc2Cl)cccc1-c1cccc(-c2ccc(CN3CC[C@H](O)C3)cc2)c1C. The first-order valence-electron chi connectivity index (χ1n) is 18.2. The monoisotopic (exact) mass is 760 g/mol. The number of aliphatic hydroxyl groups is 2. The van der Waals surface area contributed by atoms with E-state index in [1.165, 1.54) is 24.2 Å². The summed E-state index contributed by atoms with van der Waals surface area (Å²) in [5, 5.41) is 41.8. The van der Waals surface area contributed by atoms with Crippen molar-refractivity contribution in [2.45, 2.75) is 65.1 Å². The number of nitriles is 1. The van der Waals surface area contributed by atoms with Crippen LogP contribution < -0.4 is 14.8 Å². The van der Waals surface area contributed by atoms with Crippen LogP contribution in [-0.2, 0) is 31.1 Å². The topological polar surface area (TPSA) is 148 Å². The number of ether oxygens (including phenoxy) is 2. The number of rotatable bonds is 15. The summed E-state index contributed by atoms with van der Waals surface area (Å²) in [5.41, 5.74) is 9.00. The summed E-state index contributed by atoms with van der Waals surface area (Å²) >= 11 is 6.76. The predicted molar refractivity (Wildman–Crippen MR) is 212 cm³/mol. The van der Waals surface area contributed by atoms with Gasteiger partial charge in [-0.1, -0.05) is 72.3 Å². The van der Waals surface area contributed by atoms with Crippen LogP contribution in [0.25, 0.3) is 22.3 Å². The Morgan fingerprint density at radius 1 is 0.945 bits per heavy atom. The molecule has 5 aromatic rings. The van der Waals surface area contributed by atoms with E-state index in [-0.39, 0.29) is 25.9 Å².